The Kier molecular flexibility index (Phi) is 6.47. The Morgan fingerprint density at radius 2 is 1.85 bits per heavy atom. The smallest absolute Gasteiger partial charge is 0.210 e. The van der Waals surface area contributed by atoms with Crippen molar-refractivity contribution in [3.63, 3.8) is 0 Å². The molecule has 0 spiro atoms. The van der Waals surface area contributed by atoms with Crippen molar-refractivity contribution < 1.29 is 9.47 Å². The molecule has 0 bridgehead atoms. The average Bonchev–Trinajstić information content (AvgIpc) is 2.99. The molecule has 6 nitrogen and oxygen atoms in total. The number of nitrogen functional groups attached to an aromatic ring is 1. The molecule has 0 saturated heterocycles. The summed E-state index contributed by atoms with van der Waals surface area (Å²) in [5, 5.41) is 9.53. The van der Waals surface area contributed by atoms with Gasteiger partial charge in [0.2, 0.25) is 5.16 Å². The number of aromatic nitrogens is 3. The second-order valence-corrected chi connectivity index (χ2v) is 7.48. The van der Waals surface area contributed by atoms with Crippen LogP contribution in [0.5, 0.6) is 11.5 Å². The molecule has 3 rings (SSSR count). The molecule has 2 N–H and O–H groups in total. The molecule has 0 atom stereocenters. The summed E-state index contributed by atoms with van der Waals surface area (Å²) in [6.45, 7) is 4.84. The van der Waals surface area contributed by atoms with Crippen LogP contribution in [-0.2, 0) is 6.61 Å². The molecule has 0 fully saturated rings. The topological polar surface area (TPSA) is 75.2 Å². The SMILES string of the molecule is Cc1ccc(OCc2nnc(SCCOc3ccc(Cl)cc3)n2N)c(C)c1. The second-order valence-electron chi connectivity index (χ2n) is 5.98. The minimum absolute atomic E-state index is 0.259. The van der Waals surface area contributed by atoms with Gasteiger partial charge in [0.05, 0.1) is 6.61 Å². The third-order valence-corrected chi connectivity index (χ3v) is 4.98. The van der Waals surface area contributed by atoms with Crippen molar-refractivity contribution in [2.24, 2.45) is 0 Å². The van der Waals surface area contributed by atoms with E-state index in [0.717, 1.165) is 17.1 Å². The molecule has 8 heteroatoms. The lowest BCUT2D eigenvalue weighted by Gasteiger charge is -2.09. The highest BCUT2D eigenvalue weighted by Gasteiger charge is 2.11. The Morgan fingerprint density at radius 3 is 2.59 bits per heavy atom. The maximum absolute atomic E-state index is 6.07. The van der Waals surface area contributed by atoms with Gasteiger partial charge in [0.1, 0.15) is 18.1 Å². The highest BCUT2D eigenvalue weighted by Crippen LogP contribution is 2.21. The standard InChI is InChI=1S/C19H21ClN4O2S/c1-13-3-8-17(14(2)11-13)26-12-18-22-23-19(24(18)21)27-10-9-25-16-6-4-15(20)5-7-16/h3-8,11H,9-10,12,21H2,1-2H3. The zero-order valence-corrected chi connectivity index (χ0v) is 16.8. The van der Waals surface area contributed by atoms with E-state index < -0.39 is 0 Å². The number of nitrogens with two attached hydrogens (primary N) is 1. The molecule has 0 saturated carbocycles. The highest BCUT2D eigenvalue weighted by molar-refractivity contribution is 7.99. The van der Waals surface area contributed by atoms with Crippen molar-refractivity contribution in [1.82, 2.24) is 14.9 Å². The van der Waals surface area contributed by atoms with Gasteiger partial charge in [-0.25, -0.2) is 4.68 Å². The van der Waals surface area contributed by atoms with Crippen LogP contribution in [0.3, 0.4) is 0 Å². The molecule has 2 aromatic carbocycles. The van der Waals surface area contributed by atoms with Crippen molar-refractivity contribution in [2.75, 3.05) is 18.2 Å². The summed E-state index contributed by atoms with van der Waals surface area (Å²) >= 11 is 7.33. The lowest BCUT2D eigenvalue weighted by atomic mass is 10.1. The fraction of sp³-hybridized carbons (Fsp3) is 0.263. The molecule has 0 amide bonds. The molecule has 0 aliphatic rings. The van der Waals surface area contributed by atoms with Gasteiger partial charge in [0, 0.05) is 10.8 Å². The lowest BCUT2D eigenvalue weighted by Crippen LogP contribution is -2.16. The molecule has 0 aliphatic carbocycles. The zero-order valence-electron chi connectivity index (χ0n) is 15.2. The van der Waals surface area contributed by atoms with Crippen LogP contribution in [0.2, 0.25) is 5.02 Å². The van der Waals surface area contributed by atoms with Crippen LogP contribution in [0.1, 0.15) is 17.0 Å². The van der Waals surface area contributed by atoms with Gasteiger partial charge in [0.15, 0.2) is 5.82 Å². The van der Waals surface area contributed by atoms with Gasteiger partial charge in [-0.05, 0) is 49.7 Å². The van der Waals surface area contributed by atoms with E-state index in [4.69, 9.17) is 26.9 Å². The number of hydrogen-bond donors (Lipinski definition) is 1. The first kappa shape index (κ1) is 19.4. The van der Waals surface area contributed by atoms with Gasteiger partial charge in [-0.3, -0.25) is 0 Å². The Balaban J connectivity index is 1.48. The number of rotatable bonds is 8. The molecule has 27 heavy (non-hydrogen) atoms. The number of benzene rings is 2. The predicted octanol–water partition coefficient (Wildman–Crippen LogP) is 4.01. The van der Waals surface area contributed by atoms with E-state index in [1.807, 2.05) is 38.1 Å². The molecule has 1 aromatic heterocycles. The van der Waals surface area contributed by atoms with Crippen molar-refractivity contribution in [2.45, 2.75) is 25.6 Å². The van der Waals surface area contributed by atoms with E-state index in [0.29, 0.717) is 28.4 Å². The fourth-order valence-electron chi connectivity index (χ4n) is 2.43. The van der Waals surface area contributed by atoms with Crippen LogP contribution in [-0.4, -0.2) is 27.2 Å². The van der Waals surface area contributed by atoms with Crippen LogP contribution in [0.15, 0.2) is 47.6 Å². The van der Waals surface area contributed by atoms with Crippen LogP contribution >= 0.6 is 23.4 Å². The van der Waals surface area contributed by atoms with Crippen molar-refractivity contribution in [3.8, 4) is 11.5 Å². The van der Waals surface area contributed by atoms with E-state index in [-0.39, 0.29) is 6.61 Å². The first-order valence-electron chi connectivity index (χ1n) is 8.43. The van der Waals surface area contributed by atoms with E-state index in [1.54, 1.807) is 12.1 Å². The van der Waals surface area contributed by atoms with Crippen molar-refractivity contribution in [3.05, 3.63) is 64.4 Å². The number of ether oxygens (including phenoxy) is 2. The number of halogens is 1. The number of nitrogens with zero attached hydrogens (tertiary/aromatic N) is 3. The van der Waals surface area contributed by atoms with Gasteiger partial charge in [0.25, 0.3) is 0 Å². The third-order valence-electron chi connectivity index (χ3n) is 3.82. The number of aryl methyl sites for hydroxylation is 2. The number of thioether (sulfide) groups is 1. The van der Waals surface area contributed by atoms with Crippen molar-refractivity contribution in [1.29, 1.82) is 0 Å². The Hall–Kier alpha value is -2.38. The summed E-state index contributed by atoms with van der Waals surface area (Å²) in [4.78, 5) is 0. The first-order chi connectivity index (χ1) is 13.0. The van der Waals surface area contributed by atoms with E-state index >= 15 is 0 Å². The average molecular weight is 405 g/mol. The highest BCUT2D eigenvalue weighted by atomic mass is 35.5. The quantitative estimate of drug-likeness (QED) is 0.347. The zero-order chi connectivity index (χ0) is 19.2. The van der Waals surface area contributed by atoms with Gasteiger partial charge in [-0.15, -0.1) is 10.2 Å². The largest absolute Gasteiger partial charge is 0.493 e. The minimum Gasteiger partial charge on any atom is -0.493 e. The summed E-state index contributed by atoms with van der Waals surface area (Å²) in [7, 11) is 0. The van der Waals surface area contributed by atoms with Crippen LogP contribution in [0.4, 0.5) is 0 Å². The van der Waals surface area contributed by atoms with Gasteiger partial charge < -0.3 is 15.3 Å². The monoisotopic (exact) mass is 404 g/mol. The van der Waals surface area contributed by atoms with E-state index in [1.165, 1.54) is 22.0 Å². The maximum Gasteiger partial charge on any atom is 0.210 e. The molecule has 1 heterocycles. The normalized spacial score (nSPS) is 10.8. The summed E-state index contributed by atoms with van der Waals surface area (Å²) in [5.74, 6) is 8.92. The van der Waals surface area contributed by atoms with Crippen LogP contribution in [0, 0.1) is 13.8 Å². The fourth-order valence-corrected chi connectivity index (χ4v) is 3.25. The number of hydrogen-bond acceptors (Lipinski definition) is 6. The van der Waals surface area contributed by atoms with E-state index in [9.17, 15) is 0 Å². The predicted molar refractivity (Wildman–Crippen MR) is 108 cm³/mol. The third kappa shape index (κ3) is 5.30. The molecule has 0 unspecified atom stereocenters. The molecular formula is C19H21ClN4O2S. The Labute approximate surface area is 167 Å². The van der Waals surface area contributed by atoms with Gasteiger partial charge in [-0.2, -0.15) is 0 Å². The second kappa shape index (κ2) is 9.01. The Morgan fingerprint density at radius 1 is 1.07 bits per heavy atom. The van der Waals surface area contributed by atoms with Crippen LogP contribution in [0.25, 0.3) is 0 Å². The molecule has 3 aromatic rings. The minimum atomic E-state index is 0.259. The van der Waals surface area contributed by atoms with Crippen molar-refractivity contribution >= 4 is 23.4 Å². The molecule has 0 radical (unpaired) electrons. The van der Waals surface area contributed by atoms with Gasteiger partial charge >= 0.3 is 0 Å². The summed E-state index contributed by atoms with van der Waals surface area (Å²) in [6, 6.07) is 13.3. The molecule has 0 aliphatic heterocycles. The Bertz CT molecular complexity index is 899. The maximum atomic E-state index is 6.07. The van der Waals surface area contributed by atoms with Crippen LogP contribution < -0.4 is 15.3 Å². The molecule has 142 valence electrons. The molecular weight excluding hydrogens is 384 g/mol. The summed E-state index contributed by atoms with van der Waals surface area (Å²) < 4.78 is 12.9. The first-order valence-corrected chi connectivity index (χ1v) is 9.80. The summed E-state index contributed by atoms with van der Waals surface area (Å²) in [5.41, 5.74) is 2.27. The lowest BCUT2D eigenvalue weighted by molar-refractivity contribution is 0.289. The van der Waals surface area contributed by atoms with E-state index in [2.05, 4.69) is 16.3 Å². The van der Waals surface area contributed by atoms with Gasteiger partial charge in [-0.1, -0.05) is 41.1 Å². The summed E-state index contributed by atoms with van der Waals surface area (Å²) in [6.07, 6.45) is 0.